The van der Waals surface area contributed by atoms with Crippen molar-refractivity contribution in [2.75, 3.05) is 26.3 Å². The number of fused-ring (bicyclic) bond motifs is 3. The van der Waals surface area contributed by atoms with Crippen LogP contribution >= 0.6 is 0 Å². The van der Waals surface area contributed by atoms with Gasteiger partial charge in [0.25, 0.3) is 0 Å². The Labute approximate surface area is 294 Å². The first-order valence-electron chi connectivity index (χ1n) is 17.6. The summed E-state index contributed by atoms with van der Waals surface area (Å²) in [7, 11) is -1.94. The van der Waals surface area contributed by atoms with Gasteiger partial charge in [-0.1, -0.05) is 87.5 Å². The van der Waals surface area contributed by atoms with Crippen molar-refractivity contribution in [3.63, 3.8) is 0 Å². The SMILES string of the molecule is CC(C)(C)[Si](C)(C)OCCc1cccc2cccc(-c3ncc4c(OCc5ccccc5)nc(OC[C@@]56CCCN5C[C@H](F)C6)nc4c3F)c12. The molecule has 2 aliphatic heterocycles. The van der Waals surface area contributed by atoms with Gasteiger partial charge in [-0.05, 0) is 65.8 Å². The summed E-state index contributed by atoms with van der Waals surface area (Å²) >= 11 is 0. The average molecular weight is 697 g/mol. The summed E-state index contributed by atoms with van der Waals surface area (Å²) in [4.78, 5) is 16.1. The van der Waals surface area contributed by atoms with E-state index in [0.717, 1.165) is 41.3 Å². The first kappa shape index (κ1) is 34.5. The molecule has 2 fully saturated rings. The summed E-state index contributed by atoms with van der Waals surface area (Å²) < 4.78 is 50.4. The van der Waals surface area contributed by atoms with Crippen molar-refractivity contribution in [3.05, 3.63) is 89.9 Å². The van der Waals surface area contributed by atoms with Gasteiger partial charge in [-0.25, -0.2) is 8.78 Å². The molecule has 7 nitrogen and oxygen atoms in total. The maximum Gasteiger partial charge on any atom is 0.320 e. The van der Waals surface area contributed by atoms with Gasteiger partial charge in [0.1, 0.15) is 30.6 Å². The zero-order chi connectivity index (χ0) is 35.1. The number of alkyl halides is 1. The van der Waals surface area contributed by atoms with Gasteiger partial charge in [-0.15, -0.1) is 0 Å². The van der Waals surface area contributed by atoms with Gasteiger partial charge >= 0.3 is 6.01 Å². The van der Waals surface area contributed by atoms with Crippen molar-refractivity contribution in [1.82, 2.24) is 19.9 Å². The van der Waals surface area contributed by atoms with E-state index in [1.54, 1.807) is 6.20 Å². The number of benzene rings is 3. The minimum absolute atomic E-state index is 0.00142. The van der Waals surface area contributed by atoms with Crippen LogP contribution in [-0.2, 0) is 17.5 Å². The largest absolute Gasteiger partial charge is 0.472 e. The fourth-order valence-electron chi connectivity index (χ4n) is 7.20. The number of pyridine rings is 1. The molecule has 0 N–H and O–H groups in total. The first-order valence-corrected chi connectivity index (χ1v) is 20.5. The van der Waals surface area contributed by atoms with Crippen LogP contribution < -0.4 is 9.47 Å². The summed E-state index contributed by atoms with van der Waals surface area (Å²) in [6.45, 7) is 13.5. The molecule has 2 aromatic heterocycles. The van der Waals surface area contributed by atoms with Gasteiger partial charge in [0.05, 0.1) is 10.9 Å². The van der Waals surface area contributed by atoms with Crippen molar-refractivity contribution in [3.8, 4) is 23.1 Å². The highest BCUT2D eigenvalue weighted by Crippen LogP contribution is 2.41. The van der Waals surface area contributed by atoms with Crippen LogP contribution in [0.2, 0.25) is 18.1 Å². The predicted molar refractivity (Wildman–Crippen MR) is 196 cm³/mol. The second-order valence-electron chi connectivity index (χ2n) is 15.3. The lowest BCUT2D eigenvalue weighted by Crippen LogP contribution is -2.43. The third-order valence-electron chi connectivity index (χ3n) is 11.0. The zero-order valence-electron chi connectivity index (χ0n) is 29.6. The molecule has 50 heavy (non-hydrogen) atoms. The second kappa shape index (κ2) is 13.6. The Balaban J connectivity index is 1.26. The molecule has 4 heterocycles. The smallest absolute Gasteiger partial charge is 0.320 e. The Morgan fingerprint density at radius 3 is 2.54 bits per heavy atom. The van der Waals surface area contributed by atoms with E-state index in [0.29, 0.717) is 36.9 Å². The Hall–Kier alpha value is -3.99. The molecule has 0 unspecified atom stereocenters. The van der Waals surface area contributed by atoms with E-state index in [-0.39, 0.29) is 41.4 Å². The van der Waals surface area contributed by atoms with Crippen LogP contribution in [0.25, 0.3) is 32.9 Å². The fraction of sp³-hybridized carbons (Fsp3) is 0.425. The Morgan fingerprint density at radius 1 is 0.980 bits per heavy atom. The number of aromatic nitrogens is 3. The van der Waals surface area contributed by atoms with E-state index in [2.05, 4.69) is 59.8 Å². The quantitative estimate of drug-likeness (QED) is 0.128. The lowest BCUT2D eigenvalue weighted by molar-refractivity contribution is 0.106. The highest BCUT2D eigenvalue weighted by molar-refractivity contribution is 6.74. The molecule has 0 bridgehead atoms. The van der Waals surface area contributed by atoms with E-state index >= 15 is 4.39 Å². The van der Waals surface area contributed by atoms with E-state index in [4.69, 9.17) is 13.9 Å². The number of hydrogen-bond donors (Lipinski definition) is 0. The van der Waals surface area contributed by atoms with Crippen LogP contribution in [-0.4, -0.2) is 66.2 Å². The third kappa shape index (κ3) is 6.73. The number of nitrogens with zero attached hydrogens (tertiary/aromatic N) is 4. The van der Waals surface area contributed by atoms with E-state index in [9.17, 15) is 4.39 Å². The zero-order valence-corrected chi connectivity index (χ0v) is 30.6. The second-order valence-corrected chi connectivity index (χ2v) is 20.1. The van der Waals surface area contributed by atoms with Gasteiger partial charge in [0, 0.05) is 31.3 Å². The number of rotatable bonds is 11. The minimum Gasteiger partial charge on any atom is -0.472 e. The van der Waals surface area contributed by atoms with E-state index < -0.39 is 25.8 Å². The molecule has 0 radical (unpaired) electrons. The maximum atomic E-state index is 16.9. The standard InChI is InChI=1S/C40H46F2N4O3Si/c1-39(2,3)50(4,5)49-21-18-29-15-9-14-28-16-10-17-31(33(28)29)35-34(42)36-32(23-43-35)37(47-25-27-12-7-6-8-13-27)45-38(44-36)48-26-40-19-11-20-46(40)24-30(41)22-40/h6-10,12-17,23,30H,11,18-22,24-26H2,1-5H3/t30-,40+/m1/s1. The maximum absolute atomic E-state index is 16.9. The first-order chi connectivity index (χ1) is 23.9. The van der Waals surface area contributed by atoms with Crippen LogP contribution in [0, 0.1) is 5.82 Å². The van der Waals surface area contributed by atoms with E-state index in [1.165, 1.54) is 0 Å². The van der Waals surface area contributed by atoms with Gasteiger partial charge in [0.2, 0.25) is 5.88 Å². The van der Waals surface area contributed by atoms with Crippen molar-refractivity contribution in [2.45, 2.75) is 82.9 Å². The molecule has 3 aromatic carbocycles. The number of halogens is 2. The third-order valence-corrected chi connectivity index (χ3v) is 15.5. The Bertz CT molecular complexity index is 2000. The van der Waals surface area contributed by atoms with Crippen molar-refractivity contribution < 1.29 is 22.7 Å². The Kier molecular flexibility index (Phi) is 9.38. The van der Waals surface area contributed by atoms with Crippen LogP contribution in [0.4, 0.5) is 8.78 Å². The van der Waals surface area contributed by atoms with Gasteiger partial charge in [0.15, 0.2) is 14.1 Å². The predicted octanol–water partition coefficient (Wildman–Crippen LogP) is 9.08. The molecule has 0 saturated carbocycles. The molecule has 2 aliphatic rings. The molecule has 262 valence electrons. The normalized spacial score (nSPS) is 19.7. The monoisotopic (exact) mass is 696 g/mol. The summed E-state index contributed by atoms with van der Waals surface area (Å²) in [6.07, 6.45) is 3.61. The molecular weight excluding hydrogens is 651 g/mol. The summed E-state index contributed by atoms with van der Waals surface area (Å²) in [6, 6.07) is 21.7. The highest BCUT2D eigenvalue weighted by atomic mass is 28.4. The fourth-order valence-corrected chi connectivity index (χ4v) is 8.25. The van der Waals surface area contributed by atoms with Crippen molar-refractivity contribution >= 4 is 30.0 Å². The van der Waals surface area contributed by atoms with Crippen molar-refractivity contribution in [2.24, 2.45) is 0 Å². The molecule has 0 amide bonds. The molecule has 0 aliphatic carbocycles. The van der Waals surface area contributed by atoms with Crippen LogP contribution in [0.3, 0.4) is 0 Å². The summed E-state index contributed by atoms with van der Waals surface area (Å²) in [5.41, 5.74) is 2.54. The van der Waals surface area contributed by atoms with Gasteiger partial charge in [-0.2, -0.15) is 9.97 Å². The summed E-state index contributed by atoms with van der Waals surface area (Å²) in [5.74, 6) is -0.395. The van der Waals surface area contributed by atoms with Crippen LogP contribution in [0.1, 0.15) is 51.2 Å². The highest BCUT2D eigenvalue weighted by Gasteiger charge is 2.49. The van der Waals surface area contributed by atoms with Gasteiger partial charge < -0.3 is 13.9 Å². The average Bonchev–Trinajstić information content (AvgIpc) is 3.62. The minimum atomic E-state index is -1.94. The van der Waals surface area contributed by atoms with Crippen LogP contribution in [0.15, 0.2) is 72.9 Å². The van der Waals surface area contributed by atoms with E-state index in [1.807, 2.05) is 60.7 Å². The molecule has 10 heteroatoms. The number of ether oxygens (including phenoxy) is 2. The molecular formula is C40H46F2N4O3Si. The van der Waals surface area contributed by atoms with Crippen LogP contribution in [0.5, 0.6) is 11.9 Å². The molecule has 0 spiro atoms. The lowest BCUT2D eigenvalue weighted by atomic mass is 9.95. The Morgan fingerprint density at radius 2 is 1.76 bits per heavy atom. The molecule has 2 saturated heterocycles. The van der Waals surface area contributed by atoms with Crippen molar-refractivity contribution in [1.29, 1.82) is 0 Å². The number of hydrogen-bond acceptors (Lipinski definition) is 7. The van der Waals surface area contributed by atoms with Gasteiger partial charge in [-0.3, -0.25) is 9.88 Å². The molecule has 5 aromatic rings. The summed E-state index contributed by atoms with van der Waals surface area (Å²) in [5, 5.41) is 2.39. The lowest BCUT2D eigenvalue weighted by Gasteiger charge is -2.36. The molecule has 7 rings (SSSR count). The molecule has 2 atom stereocenters. The topological polar surface area (TPSA) is 69.6 Å².